The lowest BCUT2D eigenvalue weighted by Crippen LogP contribution is -2.28. The van der Waals surface area contributed by atoms with Gasteiger partial charge in [-0.25, -0.2) is 9.59 Å². The molecule has 0 aromatic heterocycles. The van der Waals surface area contributed by atoms with Gasteiger partial charge in [0.1, 0.15) is 6.10 Å². The van der Waals surface area contributed by atoms with Gasteiger partial charge < -0.3 is 4.74 Å². The van der Waals surface area contributed by atoms with Gasteiger partial charge in [-0.3, -0.25) is 0 Å². The predicted octanol–water partition coefficient (Wildman–Crippen LogP) is 2.39. The van der Waals surface area contributed by atoms with Crippen molar-refractivity contribution in [2.45, 2.75) is 52.2 Å². The number of carbonyl (C=O) groups excluding carboxylic acids is 2. The number of aliphatic imine (C=N–C) groups is 1. The molecule has 1 atom stereocenters. The van der Waals surface area contributed by atoms with Crippen LogP contribution in [0.5, 0.6) is 0 Å². The second-order valence-corrected chi connectivity index (χ2v) is 4.44. The van der Waals surface area contributed by atoms with Crippen molar-refractivity contribution in [3.63, 3.8) is 0 Å². The van der Waals surface area contributed by atoms with Crippen molar-refractivity contribution in [1.82, 2.24) is 0 Å². The molecular formula is C12H19NO3. The molecule has 0 radical (unpaired) electrons. The molecule has 0 N–H and O–H groups in total. The van der Waals surface area contributed by atoms with Gasteiger partial charge in [-0.2, -0.15) is 4.99 Å². The van der Waals surface area contributed by atoms with Crippen molar-refractivity contribution in [1.29, 1.82) is 0 Å². The van der Waals surface area contributed by atoms with Crippen LogP contribution in [0.25, 0.3) is 0 Å². The molecule has 0 saturated carbocycles. The lowest BCUT2D eigenvalue weighted by atomic mass is 9.96. The van der Waals surface area contributed by atoms with Crippen molar-refractivity contribution in [2.75, 3.05) is 0 Å². The molecule has 0 aliphatic carbocycles. The molecular weight excluding hydrogens is 206 g/mol. The topological polar surface area (TPSA) is 55.7 Å². The maximum Gasteiger partial charge on any atom is 0.333 e. The van der Waals surface area contributed by atoms with Crippen LogP contribution in [0.2, 0.25) is 0 Å². The number of isocyanates is 1. The van der Waals surface area contributed by atoms with Crippen LogP contribution in [0.4, 0.5) is 0 Å². The van der Waals surface area contributed by atoms with E-state index >= 15 is 0 Å². The largest absolute Gasteiger partial charge is 0.459 e. The fraction of sp³-hybridized carbons (Fsp3) is 0.667. The summed E-state index contributed by atoms with van der Waals surface area (Å²) in [7, 11) is 0. The van der Waals surface area contributed by atoms with Crippen molar-refractivity contribution in [3.8, 4) is 0 Å². The van der Waals surface area contributed by atoms with Gasteiger partial charge in [-0.15, -0.1) is 0 Å². The summed E-state index contributed by atoms with van der Waals surface area (Å²) in [5.74, 6) is -0.405. The molecule has 0 bridgehead atoms. The Morgan fingerprint density at radius 1 is 1.56 bits per heavy atom. The molecule has 0 aromatic carbocycles. The van der Waals surface area contributed by atoms with Crippen molar-refractivity contribution in [2.24, 2.45) is 4.99 Å². The molecule has 0 fully saturated rings. The summed E-state index contributed by atoms with van der Waals surface area (Å²) in [6.45, 7) is 10.6. The molecule has 0 aromatic rings. The summed E-state index contributed by atoms with van der Waals surface area (Å²) in [4.78, 5) is 25.2. The zero-order valence-electron chi connectivity index (χ0n) is 10.4. The van der Waals surface area contributed by atoms with Crippen LogP contribution in [0.1, 0.15) is 40.5 Å². The molecule has 0 heterocycles. The average Bonchev–Trinajstić information content (AvgIpc) is 2.15. The van der Waals surface area contributed by atoms with E-state index in [1.807, 2.05) is 6.92 Å². The molecule has 16 heavy (non-hydrogen) atoms. The van der Waals surface area contributed by atoms with Gasteiger partial charge >= 0.3 is 5.97 Å². The highest BCUT2D eigenvalue weighted by molar-refractivity contribution is 5.87. The summed E-state index contributed by atoms with van der Waals surface area (Å²) >= 11 is 0. The number of hydrogen-bond donors (Lipinski definition) is 0. The van der Waals surface area contributed by atoms with E-state index < -0.39 is 11.5 Å². The molecule has 0 aliphatic rings. The molecule has 90 valence electrons. The zero-order chi connectivity index (χ0) is 12.8. The summed E-state index contributed by atoms with van der Waals surface area (Å²) < 4.78 is 5.21. The van der Waals surface area contributed by atoms with E-state index in [1.54, 1.807) is 20.8 Å². The van der Waals surface area contributed by atoms with Gasteiger partial charge in [0.2, 0.25) is 6.08 Å². The molecule has 0 rings (SSSR count). The summed E-state index contributed by atoms with van der Waals surface area (Å²) in [6.07, 6.45) is 2.45. The summed E-state index contributed by atoms with van der Waals surface area (Å²) in [6, 6.07) is 0. The monoisotopic (exact) mass is 225 g/mol. The van der Waals surface area contributed by atoms with Crippen LogP contribution in [-0.2, 0) is 14.3 Å². The highest BCUT2D eigenvalue weighted by atomic mass is 16.5. The highest BCUT2D eigenvalue weighted by Gasteiger charge is 2.24. The van der Waals surface area contributed by atoms with Crippen LogP contribution in [0.3, 0.4) is 0 Å². The van der Waals surface area contributed by atoms with Crippen LogP contribution in [0.15, 0.2) is 17.1 Å². The predicted molar refractivity (Wildman–Crippen MR) is 61.8 cm³/mol. The fourth-order valence-electron chi connectivity index (χ4n) is 1.25. The molecule has 1 unspecified atom stereocenters. The Morgan fingerprint density at radius 2 is 2.12 bits per heavy atom. The highest BCUT2D eigenvalue weighted by Crippen LogP contribution is 2.20. The third kappa shape index (κ3) is 5.47. The van der Waals surface area contributed by atoms with E-state index in [1.165, 1.54) is 6.08 Å². The van der Waals surface area contributed by atoms with E-state index in [2.05, 4.69) is 11.6 Å². The van der Waals surface area contributed by atoms with Crippen LogP contribution in [0, 0.1) is 0 Å². The lowest BCUT2D eigenvalue weighted by Gasteiger charge is -2.24. The Kier molecular flexibility index (Phi) is 5.68. The van der Waals surface area contributed by atoms with Gasteiger partial charge in [-0.05, 0) is 27.2 Å². The quantitative estimate of drug-likeness (QED) is 0.302. The Hall–Kier alpha value is -1.41. The number of hydrogen-bond acceptors (Lipinski definition) is 4. The van der Waals surface area contributed by atoms with E-state index in [4.69, 9.17) is 4.74 Å². The minimum atomic E-state index is -0.558. The number of carbonyl (C=O) groups is 1. The smallest absolute Gasteiger partial charge is 0.333 e. The second-order valence-electron chi connectivity index (χ2n) is 4.44. The molecule has 0 aliphatic heterocycles. The normalized spacial score (nSPS) is 12.5. The minimum absolute atomic E-state index is 0.253. The van der Waals surface area contributed by atoms with Gasteiger partial charge in [0.15, 0.2) is 0 Å². The molecule has 0 spiro atoms. The fourth-order valence-corrected chi connectivity index (χ4v) is 1.25. The summed E-state index contributed by atoms with van der Waals surface area (Å²) in [5.41, 5.74) is -0.187. The van der Waals surface area contributed by atoms with Crippen molar-refractivity contribution < 1.29 is 14.3 Å². The Labute approximate surface area is 96.4 Å². The standard InChI is InChI=1S/C12H19NO3/c1-6-10(16-11(15)9(2)3)7-12(4,5)13-8-14/h10H,2,6-7H2,1,3-5H3. The molecule has 0 amide bonds. The number of esters is 1. The molecule has 4 nitrogen and oxygen atoms in total. The first-order chi connectivity index (χ1) is 7.32. The van der Waals surface area contributed by atoms with Crippen LogP contribution in [-0.4, -0.2) is 23.7 Å². The average molecular weight is 225 g/mol. The van der Waals surface area contributed by atoms with E-state index in [9.17, 15) is 9.59 Å². The summed E-state index contributed by atoms with van der Waals surface area (Å²) in [5, 5.41) is 0. The first-order valence-electron chi connectivity index (χ1n) is 5.28. The van der Waals surface area contributed by atoms with Gasteiger partial charge in [-0.1, -0.05) is 13.5 Å². The maximum absolute atomic E-state index is 11.3. The first-order valence-corrected chi connectivity index (χ1v) is 5.28. The third-order valence-electron chi connectivity index (χ3n) is 2.15. The second kappa shape index (κ2) is 6.23. The minimum Gasteiger partial charge on any atom is -0.459 e. The Bertz CT molecular complexity index is 314. The lowest BCUT2D eigenvalue weighted by molar-refractivity contribution is -0.145. The van der Waals surface area contributed by atoms with Crippen LogP contribution < -0.4 is 0 Å². The zero-order valence-corrected chi connectivity index (χ0v) is 10.4. The maximum atomic E-state index is 11.3. The Morgan fingerprint density at radius 3 is 2.50 bits per heavy atom. The van der Waals surface area contributed by atoms with E-state index in [0.717, 1.165) is 0 Å². The third-order valence-corrected chi connectivity index (χ3v) is 2.15. The van der Waals surface area contributed by atoms with Crippen molar-refractivity contribution >= 4 is 12.0 Å². The van der Waals surface area contributed by atoms with Gasteiger partial charge in [0.25, 0.3) is 0 Å². The number of nitrogens with zero attached hydrogens (tertiary/aromatic N) is 1. The first kappa shape index (κ1) is 14.6. The van der Waals surface area contributed by atoms with E-state index in [-0.39, 0.29) is 6.10 Å². The Balaban J connectivity index is 4.47. The van der Waals surface area contributed by atoms with Crippen LogP contribution >= 0.6 is 0 Å². The number of rotatable bonds is 6. The molecule has 0 saturated heterocycles. The molecule has 4 heteroatoms. The van der Waals surface area contributed by atoms with Crippen molar-refractivity contribution in [3.05, 3.63) is 12.2 Å². The van der Waals surface area contributed by atoms with Gasteiger partial charge in [0, 0.05) is 12.0 Å². The van der Waals surface area contributed by atoms with Gasteiger partial charge in [0.05, 0.1) is 5.54 Å². The SMILES string of the molecule is C=C(C)C(=O)OC(CC)CC(C)(C)N=C=O. The van der Waals surface area contributed by atoms with E-state index in [0.29, 0.717) is 18.4 Å². The number of ether oxygens (including phenoxy) is 1.